The summed E-state index contributed by atoms with van der Waals surface area (Å²) >= 11 is 0. The number of alkyl halides is 3. The molecule has 22 heavy (non-hydrogen) atoms. The van der Waals surface area contributed by atoms with Crippen molar-refractivity contribution in [2.45, 2.75) is 6.36 Å². The molecule has 0 radical (unpaired) electrons. The van der Waals surface area contributed by atoms with Crippen LogP contribution in [0.5, 0.6) is 11.5 Å². The van der Waals surface area contributed by atoms with E-state index in [-0.39, 0.29) is 22.4 Å². The summed E-state index contributed by atoms with van der Waals surface area (Å²) in [6.07, 6.45) is -2.48. The Morgan fingerprint density at radius 2 is 2.00 bits per heavy atom. The van der Waals surface area contributed by atoms with Crippen molar-refractivity contribution in [1.29, 1.82) is 0 Å². The minimum absolute atomic E-state index is 0.0429. The Morgan fingerprint density at radius 1 is 1.27 bits per heavy atom. The first-order valence-electron chi connectivity index (χ1n) is 5.85. The summed E-state index contributed by atoms with van der Waals surface area (Å²) in [6.45, 7) is 0. The predicted octanol–water partition coefficient (Wildman–Crippen LogP) is 1.96. The van der Waals surface area contributed by atoms with Crippen LogP contribution in [-0.2, 0) is 0 Å². The van der Waals surface area contributed by atoms with Crippen molar-refractivity contribution in [1.82, 2.24) is 10.4 Å². The van der Waals surface area contributed by atoms with Crippen LogP contribution in [-0.4, -0.2) is 22.4 Å². The molecule has 0 aliphatic rings. The lowest BCUT2D eigenvalue weighted by molar-refractivity contribution is -0.274. The van der Waals surface area contributed by atoms with Crippen molar-refractivity contribution >= 4 is 5.91 Å². The van der Waals surface area contributed by atoms with Gasteiger partial charge in [-0.3, -0.25) is 15.2 Å². The average molecular weight is 313 g/mol. The molecule has 2 aromatic rings. The second-order valence-corrected chi connectivity index (χ2v) is 4.16. The molecule has 0 atom stereocenters. The largest absolute Gasteiger partial charge is 0.573 e. The van der Waals surface area contributed by atoms with Crippen LogP contribution in [0.15, 0.2) is 36.7 Å². The monoisotopic (exact) mass is 313 g/mol. The molecule has 0 spiro atoms. The van der Waals surface area contributed by atoms with Crippen LogP contribution < -0.4 is 16.0 Å². The fourth-order valence-electron chi connectivity index (χ4n) is 1.75. The Bertz CT molecular complexity index is 704. The molecule has 0 saturated heterocycles. The van der Waals surface area contributed by atoms with Crippen molar-refractivity contribution in [2.75, 3.05) is 0 Å². The molecular weight excluding hydrogens is 303 g/mol. The van der Waals surface area contributed by atoms with Gasteiger partial charge in [0.2, 0.25) is 0 Å². The number of hydrazine groups is 1. The van der Waals surface area contributed by atoms with E-state index in [0.29, 0.717) is 0 Å². The lowest BCUT2D eigenvalue weighted by Gasteiger charge is -2.14. The maximum absolute atomic E-state index is 12.4. The molecule has 0 aliphatic heterocycles. The standard InChI is InChI=1S/C13H10F3N3O3/c14-13(15,16)22-11-2-1-9(20)4-10(11)7-3-8(6-18-5-7)12(21)19-17/h1-6,20H,17H2,(H,19,21). The van der Waals surface area contributed by atoms with Gasteiger partial charge in [-0.25, -0.2) is 5.84 Å². The van der Waals surface area contributed by atoms with E-state index >= 15 is 0 Å². The highest BCUT2D eigenvalue weighted by molar-refractivity contribution is 5.94. The third kappa shape index (κ3) is 3.64. The second-order valence-electron chi connectivity index (χ2n) is 4.16. The van der Waals surface area contributed by atoms with Crippen LogP contribution in [0.3, 0.4) is 0 Å². The molecule has 9 heteroatoms. The van der Waals surface area contributed by atoms with Crippen LogP contribution in [0.1, 0.15) is 10.4 Å². The van der Waals surface area contributed by atoms with Crippen LogP contribution in [0.2, 0.25) is 0 Å². The van der Waals surface area contributed by atoms with Crippen molar-refractivity contribution in [3.05, 3.63) is 42.2 Å². The first-order chi connectivity index (χ1) is 10.3. The minimum atomic E-state index is -4.90. The number of phenols is 1. The highest BCUT2D eigenvalue weighted by Gasteiger charge is 2.32. The Morgan fingerprint density at radius 3 is 2.64 bits per heavy atom. The number of nitrogens with two attached hydrogens (primary N) is 1. The third-order valence-corrected chi connectivity index (χ3v) is 2.63. The number of nitrogens with one attached hydrogen (secondary N) is 1. The van der Waals surface area contributed by atoms with E-state index in [0.717, 1.165) is 18.2 Å². The van der Waals surface area contributed by atoms with Crippen LogP contribution in [0.4, 0.5) is 13.2 Å². The van der Waals surface area contributed by atoms with Gasteiger partial charge in [0.1, 0.15) is 11.5 Å². The summed E-state index contributed by atoms with van der Waals surface area (Å²) in [4.78, 5) is 15.2. The Kier molecular flexibility index (Phi) is 4.18. The number of amides is 1. The molecule has 0 fully saturated rings. The van der Waals surface area contributed by atoms with Gasteiger partial charge < -0.3 is 9.84 Å². The van der Waals surface area contributed by atoms with Gasteiger partial charge in [0, 0.05) is 23.5 Å². The highest BCUT2D eigenvalue weighted by Crippen LogP contribution is 2.36. The molecule has 0 saturated carbocycles. The smallest absolute Gasteiger partial charge is 0.508 e. The molecule has 1 aromatic heterocycles. The number of nitrogen functional groups attached to an aromatic ring is 1. The Labute approximate surface area is 122 Å². The molecule has 2 rings (SSSR count). The molecule has 0 unspecified atom stereocenters. The zero-order valence-electron chi connectivity index (χ0n) is 10.9. The van der Waals surface area contributed by atoms with Gasteiger partial charge in [-0.15, -0.1) is 13.2 Å². The topological polar surface area (TPSA) is 97.5 Å². The number of carbonyl (C=O) groups is 1. The fraction of sp³-hybridized carbons (Fsp3) is 0.0769. The maximum Gasteiger partial charge on any atom is 0.573 e. The molecule has 0 bridgehead atoms. The SMILES string of the molecule is NNC(=O)c1cncc(-c2cc(O)ccc2OC(F)(F)F)c1. The minimum Gasteiger partial charge on any atom is -0.508 e. The summed E-state index contributed by atoms with van der Waals surface area (Å²) in [5, 5.41) is 9.47. The second kappa shape index (κ2) is 5.90. The summed E-state index contributed by atoms with van der Waals surface area (Å²) in [5.41, 5.74) is 2.00. The lowest BCUT2D eigenvalue weighted by Crippen LogP contribution is -2.30. The number of halogens is 3. The lowest BCUT2D eigenvalue weighted by atomic mass is 10.0. The molecule has 0 aliphatic carbocycles. The van der Waals surface area contributed by atoms with Crippen LogP contribution in [0.25, 0.3) is 11.1 Å². The fourth-order valence-corrected chi connectivity index (χ4v) is 1.75. The van der Waals surface area contributed by atoms with Crippen LogP contribution >= 0.6 is 0 Å². The molecular formula is C13H10F3N3O3. The van der Waals surface area contributed by atoms with Gasteiger partial charge in [0.25, 0.3) is 5.91 Å². The molecule has 6 nitrogen and oxygen atoms in total. The Balaban J connectivity index is 2.51. The van der Waals surface area contributed by atoms with Gasteiger partial charge in [0.05, 0.1) is 5.56 Å². The first-order valence-corrected chi connectivity index (χ1v) is 5.85. The molecule has 1 heterocycles. The number of aromatic hydroxyl groups is 1. The number of carbonyl (C=O) groups excluding carboxylic acids is 1. The molecule has 1 amide bonds. The first kappa shape index (κ1) is 15.6. The van der Waals surface area contributed by atoms with E-state index in [1.165, 1.54) is 18.5 Å². The Hall–Kier alpha value is -2.81. The number of benzene rings is 1. The van der Waals surface area contributed by atoms with E-state index in [9.17, 15) is 23.1 Å². The molecule has 4 N–H and O–H groups in total. The number of hydrogen-bond donors (Lipinski definition) is 3. The van der Waals surface area contributed by atoms with Gasteiger partial charge in [-0.2, -0.15) is 0 Å². The molecule has 1 aromatic carbocycles. The number of rotatable bonds is 3. The average Bonchev–Trinajstić information content (AvgIpc) is 2.47. The van der Waals surface area contributed by atoms with E-state index in [4.69, 9.17) is 5.84 Å². The number of aromatic nitrogens is 1. The van der Waals surface area contributed by atoms with Gasteiger partial charge in [-0.05, 0) is 24.3 Å². The quantitative estimate of drug-likeness (QED) is 0.457. The number of hydrogen-bond acceptors (Lipinski definition) is 5. The third-order valence-electron chi connectivity index (χ3n) is 2.63. The van der Waals surface area contributed by atoms with Crippen LogP contribution in [0, 0.1) is 0 Å². The van der Waals surface area contributed by atoms with Crippen molar-refractivity contribution < 1.29 is 27.8 Å². The summed E-state index contributed by atoms with van der Waals surface area (Å²) < 4.78 is 41.2. The number of nitrogens with zero attached hydrogens (tertiary/aromatic N) is 1. The van der Waals surface area contributed by atoms with Gasteiger partial charge >= 0.3 is 6.36 Å². The van der Waals surface area contributed by atoms with E-state index in [2.05, 4.69) is 9.72 Å². The summed E-state index contributed by atoms with van der Waals surface area (Å²) in [6, 6.07) is 4.36. The maximum atomic E-state index is 12.4. The summed E-state index contributed by atoms with van der Waals surface area (Å²) in [5.74, 6) is 3.53. The predicted molar refractivity (Wildman–Crippen MR) is 69.7 cm³/mol. The van der Waals surface area contributed by atoms with Crippen molar-refractivity contribution in [3.63, 3.8) is 0 Å². The zero-order chi connectivity index (χ0) is 16.3. The van der Waals surface area contributed by atoms with Gasteiger partial charge in [0.15, 0.2) is 0 Å². The van der Waals surface area contributed by atoms with Gasteiger partial charge in [-0.1, -0.05) is 0 Å². The van der Waals surface area contributed by atoms with Crippen molar-refractivity contribution in [2.24, 2.45) is 5.84 Å². The number of pyridine rings is 1. The molecule has 116 valence electrons. The number of phenolic OH excluding ortho intramolecular Hbond substituents is 1. The number of ether oxygens (including phenoxy) is 1. The van der Waals surface area contributed by atoms with E-state index < -0.39 is 18.0 Å². The zero-order valence-corrected chi connectivity index (χ0v) is 10.9. The normalized spacial score (nSPS) is 11.1. The summed E-state index contributed by atoms with van der Waals surface area (Å²) in [7, 11) is 0. The van der Waals surface area contributed by atoms with Crippen molar-refractivity contribution in [3.8, 4) is 22.6 Å². The highest BCUT2D eigenvalue weighted by atomic mass is 19.4. The van der Waals surface area contributed by atoms with E-state index in [1.807, 2.05) is 5.43 Å². The van der Waals surface area contributed by atoms with E-state index in [1.54, 1.807) is 0 Å².